The monoisotopic (exact) mass is 554 g/mol. The van der Waals surface area contributed by atoms with Crippen molar-refractivity contribution in [3.8, 4) is 0 Å². The number of aliphatic hydroxyl groups excluding tert-OH is 1. The van der Waals surface area contributed by atoms with Crippen LogP contribution >= 0.6 is 58.8 Å². The van der Waals surface area contributed by atoms with Crippen molar-refractivity contribution in [2.24, 2.45) is 0 Å². The maximum absolute atomic E-state index is 8.99. The SMILES string of the molecule is CC1=C(C)SC(=c2c3ccccc3c(=C3SC(C)=C(SCCCCCCO)S3)c3ccccc23)S1. The topological polar surface area (TPSA) is 20.2 Å². The highest BCUT2D eigenvalue weighted by molar-refractivity contribution is 8.41. The van der Waals surface area contributed by atoms with Gasteiger partial charge in [-0.25, -0.2) is 0 Å². The van der Waals surface area contributed by atoms with Gasteiger partial charge in [-0.2, -0.15) is 0 Å². The van der Waals surface area contributed by atoms with Crippen LogP contribution in [-0.4, -0.2) is 17.5 Å². The van der Waals surface area contributed by atoms with Gasteiger partial charge in [0.1, 0.15) is 0 Å². The predicted octanol–water partition coefficient (Wildman–Crippen LogP) is 8.81. The van der Waals surface area contributed by atoms with Gasteiger partial charge in [-0.1, -0.05) is 108 Å². The summed E-state index contributed by atoms with van der Waals surface area (Å²) in [5.41, 5.74) is 0. The van der Waals surface area contributed by atoms with Crippen LogP contribution in [0.5, 0.6) is 0 Å². The summed E-state index contributed by atoms with van der Waals surface area (Å²) in [5, 5.41) is 17.2. The molecule has 0 bridgehead atoms. The second-order valence-electron chi connectivity index (χ2n) is 8.77. The number of benzene rings is 3. The molecule has 0 radical (unpaired) electrons. The van der Waals surface area contributed by atoms with Crippen LogP contribution in [-0.2, 0) is 0 Å². The maximum Gasteiger partial charge on any atom is 0.0586 e. The van der Waals surface area contributed by atoms with E-state index in [-0.39, 0.29) is 0 Å². The lowest BCUT2D eigenvalue weighted by atomic mass is 9.99. The zero-order chi connectivity index (χ0) is 24.4. The highest BCUT2D eigenvalue weighted by Gasteiger charge is 2.22. The Bertz CT molecular complexity index is 1390. The van der Waals surface area contributed by atoms with Crippen LogP contribution in [0.1, 0.15) is 46.5 Å². The molecule has 1 N–H and O–H groups in total. The van der Waals surface area contributed by atoms with Crippen LogP contribution in [0, 0.1) is 0 Å². The van der Waals surface area contributed by atoms with Crippen molar-refractivity contribution in [1.82, 2.24) is 0 Å². The number of hydrogen-bond donors (Lipinski definition) is 1. The quantitative estimate of drug-likeness (QED) is 0.231. The van der Waals surface area contributed by atoms with Crippen LogP contribution in [0.15, 0.2) is 67.5 Å². The summed E-state index contributed by atoms with van der Waals surface area (Å²) in [7, 11) is 0. The molecule has 0 saturated heterocycles. The van der Waals surface area contributed by atoms with Crippen LogP contribution < -0.4 is 10.4 Å². The molecule has 0 aliphatic carbocycles. The zero-order valence-corrected chi connectivity index (χ0v) is 24.4. The first kappa shape index (κ1) is 25.7. The molecule has 182 valence electrons. The molecule has 0 saturated carbocycles. The molecule has 35 heavy (non-hydrogen) atoms. The molecule has 1 nitrogen and oxygen atoms in total. The number of rotatable bonds is 7. The second kappa shape index (κ2) is 11.7. The number of unbranched alkanes of at least 4 members (excludes halogenated alkanes) is 3. The average Bonchev–Trinajstić information content (AvgIpc) is 3.40. The molecule has 0 fully saturated rings. The van der Waals surface area contributed by atoms with Crippen molar-refractivity contribution in [2.75, 3.05) is 12.4 Å². The minimum absolute atomic E-state index is 0.315. The minimum atomic E-state index is 0.315. The van der Waals surface area contributed by atoms with Gasteiger partial charge < -0.3 is 5.11 Å². The summed E-state index contributed by atoms with van der Waals surface area (Å²) in [6, 6.07) is 18.0. The Balaban J connectivity index is 1.60. The summed E-state index contributed by atoms with van der Waals surface area (Å²) < 4.78 is 4.27. The van der Waals surface area contributed by atoms with E-state index in [0.29, 0.717) is 6.61 Å². The number of thioether (sulfide) groups is 5. The normalized spacial score (nSPS) is 16.6. The lowest BCUT2D eigenvalue weighted by Crippen LogP contribution is -2.16. The number of hydrogen-bond acceptors (Lipinski definition) is 6. The fraction of sp³-hybridized carbons (Fsp3) is 0.310. The van der Waals surface area contributed by atoms with Gasteiger partial charge >= 0.3 is 0 Å². The molecule has 0 unspecified atom stereocenters. The molecule has 3 aromatic carbocycles. The zero-order valence-electron chi connectivity index (χ0n) is 20.3. The molecule has 5 rings (SSSR count). The summed E-state index contributed by atoms with van der Waals surface area (Å²) in [4.78, 5) is 4.25. The average molecular weight is 555 g/mol. The molecular weight excluding hydrogens is 525 g/mol. The van der Waals surface area contributed by atoms with E-state index in [1.165, 1.54) is 72.3 Å². The van der Waals surface area contributed by atoms with Gasteiger partial charge in [0, 0.05) is 21.9 Å². The molecule has 2 aliphatic rings. The van der Waals surface area contributed by atoms with Gasteiger partial charge in [-0.15, -0.1) is 11.8 Å². The third-order valence-corrected chi connectivity index (χ3v) is 13.2. The van der Waals surface area contributed by atoms with Gasteiger partial charge in [0.2, 0.25) is 0 Å². The number of allylic oxidation sites excluding steroid dienone is 3. The number of aliphatic hydroxyl groups is 1. The first-order chi connectivity index (χ1) is 17.1. The van der Waals surface area contributed by atoms with Gasteiger partial charge in [0.15, 0.2) is 0 Å². The molecular formula is C29H30OS5. The molecule has 0 aromatic heterocycles. The van der Waals surface area contributed by atoms with E-state index < -0.39 is 0 Å². The van der Waals surface area contributed by atoms with Crippen molar-refractivity contribution >= 4 is 88.8 Å². The maximum atomic E-state index is 8.99. The standard InChI is InChI=1S/C29H30OS5/c1-18-19(2)33-28(32-18)25-21-12-6-8-14-23(21)26(24-15-9-7-13-22(24)25)29-34-20(3)27(35-29)31-17-11-5-4-10-16-30/h6-9,12-15,30H,4-5,10-11,16-17H2,1-3H3. The number of fused-ring (bicyclic) bond motifs is 2. The smallest absolute Gasteiger partial charge is 0.0586 e. The summed E-state index contributed by atoms with van der Waals surface area (Å²) in [6.45, 7) is 7.06. The van der Waals surface area contributed by atoms with E-state index >= 15 is 0 Å². The van der Waals surface area contributed by atoms with Crippen LogP contribution in [0.2, 0.25) is 0 Å². The van der Waals surface area contributed by atoms with Gasteiger partial charge in [-0.3, -0.25) is 0 Å². The first-order valence-corrected chi connectivity index (χ1v) is 16.3. The third-order valence-electron chi connectivity index (χ3n) is 6.33. The van der Waals surface area contributed by atoms with Crippen molar-refractivity contribution < 1.29 is 5.11 Å². The Morgan fingerprint density at radius 2 is 1.06 bits per heavy atom. The van der Waals surface area contributed by atoms with Gasteiger partial charge in [0.05, 0.1) is 12.7 Å². The Morgan fingerprint density at radius 1 is 0.600 bits per heavy atom. The van der Waals surface area contributed by atoms with Crippen molar-refractivity contribution in [2.45, 2.75) is 46.5 Å². The third kappa shape index (κ3) is 5.39. The highest BCUT2D eigenvalue weighted by Crippen LogP contribution is 2.54. The Hall–Kier alpha value is -0.890. The lowest BCUT2D eigenvalue weighted by molar-refractivity contribution is 0.283. The first-order valence-electron chi connectivity index (χ1n) is 12.1. The van der Waals surface area contributed by atoms with Crippen molar-refractivity contribution in [3.63, 3.8) is 0 Å². The summed E-state index contributed by atoms with van der Waals surface area (Å²) in [6.07, 6.45) is 4.47. The van der Waals surface area contributed by atoms with Gasteiger partial charge in [0.25, 0.3) is 0 Å². The highest BCUT2D eigenvalue weighted by atomic mass is 32.2. The molecule has 6 heteroatoms. The van der Waals surface area contributed by atoms with Crippen LogP contribution in [0.3, 0.4) is 0 Å². The molecule has 0 spiro atoms. The molecule has 0 atom stereocenters. The minimum Gasteiger partial charge on any atom is -0.396 e. The summed E-state index contributed by atoms with van der Waals surface area (Å²) in [5.74, 6) is 1.15. The Kier molecular flexibility index (Phi) is 8.58. The fourth-order valence-electron chi connectivity index (χ4n) is 4.44. The molecule has 2 heterocycles. The van der Waals surface area contributed by atoms with E-state index in [4.69, 9.17) is 5.11 Å². The molecule has 0 amide bonds. The second-order valence-corrected chi connectivity index (χ2v) is 15.3. The molecule has 3 aromatic rings. The summed E-state index contributed by atoms with van der Waals surface area (Å²) >= 11 is 9.77. The van der Waals surface area contributed by atoms with Gasteiger partial charge in [-0.05, 0) is 70.7 Å². The Morgan fingerprint density at radius 3 is 1.57 bits per heavy atom. The van der Waals surface area contributed by atoms with Crippen molar-refractivity contribution in [3.05, 3.63) is 77.9 Å². The van der Waals surface area contributed by atoms with Crippen LogP contribution in [0.25, 0.3) is 30.0 Å². The Labute approximate surface area is 229 Å². The van der Waals surface area contributed by atoms with E-state index in [1.807, 2.05) is 58.8 Å². The van der Waals surface area contributed by atoms with E-state index in [2.05, 4.69) is 69.3 Å². The van der Waals surface area contributed by atoms with E-state index in [1.54, 1.807) is 0 Å². The predicted molar refractivity (Wildman–Crippen MR) is 167 cm³/mol. The van der Waals surface area contributed by atoms with Crippen LogP contribution in [0.4, 0.5) is 0 Å². The fourth-order valence-corrected chi connectivity index (χ4v) is 11.4. The van der Waals surface area contributed by atoms with E-state index in [0.717, 1.165) is 18.6 Å². The molecule has 2 aliphatic heterocycles. The van der Waals surface area contributed by atoms with Crippen molar-refractivity contribution in [1.29, 1.82) is 0 Å². The van der Waals surface area contributed by atoms with E-state index in [9.17, 15) is 0 Å². The largest absolute Gasteiger partial charge is 0.396 e. The lowest BCUT2D eigenvalue weighted by Gasteiger charge is -2.11.